The molecule has 1 rings (SSSR count). The van der Waals surface area contributed by atoms with Gasteiger partial charge >= 0.3 is 6.03 Å². The first-order valence-electron chi connectivity index (χ1n) is 7.38. The molecule has 0 aliphatic carbocycles. The van der Waals surface area contributed by atoms with Gasteiger partial charge in [-0.25, -0.2) is 4.79 Å². The Kier molecular flexibility index (Phi) is 6.88. The number of benzene rings is 1. The first-order valence-corrected chi connectivity index (χ1v) is 7.38. The summed E-state index contributed by atoms with van der Waals surface area (Å²) in [5.74, 6) is 0.111. The van der Waals surface area contributed by atoms with Crippen molar-refractivity contribution in [2.75, 3.05) is 6.54 Å². The van der Waals surface area contributed by atoms with E-state index in [1.807, 2.05) is 37.4 Å². The molecule has 4 N–H and O–H groups in total. The van der Waals surface area contributed by atoms with Gasteiger partial charge in [-0.2, -0.15) is 0 Å². The molecule has 0 aromatic heterocycles. The largest absolute Gasteiger partial charge is 0.336 e. The number of carbonyl (C=O) groups is 2. The predicted octanol–water partition coefficient (Wildman–Crippen LogP) is 1.18. The van der Waals surface area contributed by atoms with Gasteiger partial charge in [-0.3, -0.25) is 10.1 Å². The molecule has 5 nitrogen and oxygen atoms in total. The van der Waals surface area contributed by atoms with E-state index in [2.05, 4.69) is 36.6 Å². The van der Waals surface area contributed by atoms with E-state index in [0.717, 1.165) is 0 Å². The fraction of sp³-hybridized carbons (Fsp3) is 0.500. The Morgan fingerprint density at radius 3 is 2.24 bits per heavy atom. The zero-order valence-corrected chi connectivity index (χ0v) is 13.2. The molecule has 0 fully saturated rings. The molecule has 116 valence electrons. The van der Waals surface area contributed by atoms with E-state index in [0.29, 0.717) is 5.92 Å². The minimum atomic E-state index is -0.441. The molecule has 0 aliphatic heterocycles. The second kappa shape index (κ2) is 8.42. The molecule has 0 saturated heterocycles. The highest BCUT2D eigenvalue weighted by Crippen LogP contribution is 2.16. The molecule has 0 radical (unpaired) electrons. The van der Waals surface area contributed by atoms with Crippen LogP contribution in [0.4, 0.5) is 4.79 Å². The Morgan fingerprint density at radius 2 is 1.71 bits per heavy atom. The molecular weight excluding hydrogens is 266 g/mol. The number of imide groups is 1. The first kappa shape index (κ1) is 17.2. The average Bonchev–Trinajstić information content (AvgIpc) is 2.38. The number of hydrogen-bond acceptors (Lipinski definition) is 2. The number of nitrogens with one attached hydrogen (secondary N) is 2. The van der Waals surface area contributed by atoms with Crippen LogP contribution in [0.3, 0.4) is 0 Å². The van der Waals surface area contributed by atoms with Gasteiger partial charge in [-0.1, -0.05) is 44.2 Å². The fourth-order valence-electron chi connectivity index (χ4n) is 2.18. The lowest BCUT2D eigenvalue weighted by Gasteiger charge is -2.19. The number of carbonyl (C=O) groups excluding carboxylic acids is 2. The van der Waals surface area contributed by atoms with Crippen LogP contribution in [-0.4, -0.2) is 24.5 Å². The standard InChI is InChI=1S/C16H25N3O2/c1-11(2)15(13-8-6-5-7-9-13)17-10-14(20)19-16(21)18-12(3)4/h5-9,11-12,15,17H,10H2,1-4H3,(H2,18,19,20,21)/p+1/t15-/m0/s1. The van der Waals surface area contributed by atoms with Gasteiger partial charge in [0.05, 0.1) is 0 Å². The maximum absolute atomic E-state index is 11.8. The third-order valence-electron chi connectivity index (χ3n) is 3.13. The number of urea groups is 1. The third kappa shape index (κ3) is 6.40. The molecule has 21 heavy (non-hydrogen) atoms. The Bertz CT molecular complexity index is 458. The summed E-state index contributed by atoms with van der Waals surface area (Å²) in [5.41, 5.74) is 1.19. The predicted molar refractivity (Wildman–Crippen MR) is 82.6 cm³/mol. The van der Waals surface area contributed by atoms with Crippen molar-refractivity contribution in [3.05, 3.63) is 35.9 Å². The number of nitrogens with two attached hydrogens (primary N) is 1. The lowest BCUT2D eigenvalue weighted by atomic mass is 9.96. The summed E-state index contributed by atoms with van der Waals surface area (Å²) in [6.07, 6.45) is 0. The third-order valence-corrected chi connectivity index (χ3v) is 3.13. The van der Waals surface area contributed by atoms with Gasteiger partial charge in [-0.15, -0.1) is 0 Å². The van der Waals surface area contributed by atoms with Crippen molar-refractivity contribution in [3.63, 3.8) is 0 Å². The smallest absolute Gasteiger partial charge is 0.321 e. The van der Waals surface area contributed by atoms with Gasteiger partial charge < -0.3 is 10.6 Å². The van der Waals surface area contributed by atoms with E-state index in [4.69, 9.17) is 0 Å². The van der Waals surface area contributed by atoms with Gasteiger partial charge in [0, 0.05) is 17.5 Å². The average molecular weight is 292 g/mol. The summed E-state index contributed by atoms with van der Waals surface area (Å²) in [5, 5.41) is 6.94. The molecule has 1 aromatic rings. The van der Waals surface area contributed by atoms with Crippen molar-refractivity contribution in [2.45, 2.75) is 39.8 Å². The molecule has 0 heterocycles. The summed E-state index contributed by atoms with van der Waals surface area (Å²) in [6, 6.07) is 9.85. The van der Waals surface area contributed by atoms with Crippen molar-refractivity contribution in [1.82, 2.24) is 10.6 Å². The molecule has 0 unspecified atom stereocenters. The highest BCUT2D eigenvalue weighted by molar-refractivity contribution is 5.94. The lowest BCUT2D eigenvalue weighted by Crippen LogP contribution is -2.88. The van der Waals surface area contributed by atoms with E-state index in [1.165, 1.54) is 5.56 Å². The molecule has 0 bridgehead atoms. The summed E-state index contributed by atoms with van der Waals surface area (Å²) in [4.78, 5) is 23.2. The Labute approximate surface area is 126 Å². The van der Waals surface area contributed by atoms with E-state index < -0.39 is 6.03 Å². The SMILES string of the molecule is CC(C)NC(=O)NC(=O)C[NH2+][C@H](c1ccccc1)C(C)C. The Hall–Kier alpha value is -1.88. The Balaban J connectivity index is 2.51. The minimum absolute atomic E-state index is 0.00881. The zero-order valence-electron chi connectivity index (χ0n) is 13.2. The van der Waals surface area contributed by atoms with Crippen LogP contribution in [0, 0.1) is 5.92 Å². The molecule has 0 aliphatic rings. The number of amides is 3. The molecule has 1 atom stereocenters. The van der Waals surface area contributed by atoms with Crippen molar-refractivity contribution in [2.24, 2.45) is 5.92 Å². The van der Waals surface area contributed by atoms with Gasteiger partial charge in [0.2, 0.25) is 0 Å². The monoisotopic (exact) mass is 292 g/mol. The second-order valence-electron chi connectivity index (χ2n) is 5.80. The minimum Gasteiger partial charge on any atom is -0.336 e. The van der Waals surface area contributed by atoms with Crippen LogP contribution in [0.25, 0.3) is 0 Å². The number of rotatable bonds is 6. The number of hydrogen-bond donors (Lipinski definition) is 3. The normalized spacial score (nSPS) is 12.3. The second-order valence-corrected chi connectivity index (χ2v) is 5.80. The highest BCUT2D eigenvalue weighted by Gasteiger charge is 2.20. The lowest BCUT2D eigenvalue weighted by molar-refractivity contribution is -0.692. The van der Waals surface area contributed by atoms with Crippen LogP contribution in [0.5, 0.6) is 0 Å². The molecule has 3 amide bonds. The van der Waals surface area contributed by atoms with Crippen molar-refractivity contribution in [3.8, 4) is 0 Å². The van der Waals surface area contributed by atoms with Gasteiger partial charge in [0.1, 0.15) is 6.04 Å². The summed E-state index contributed by atoms with van der Waals surface area (Å²) in [6.45, 7) is 8.17. The highest BCUT2D eigenvalue weighted by atomic mass is 16.2. The topological polar surface area (TPSA) is 74.8 Å². The summed E-state index contributed by atoms with van der Waals surface area (Å²) < 4.78 is 0. The fourth-order valence-corrected chi connectivity index (χ4v) is 2.18. The maximum Gasteiger partial charge on any atom is 0.321 e. The van der Waals surface area contributed by atoms with Gasteiger partial charge in [-0.05, 0) is 13.8 Å². The van der Waals surface area contributed by atoms with Crippen molar-refractivity contribution >= 4 is 11.9 Å². The molecule has 0 saturated carbocycles. The molecule has 0 spiro atoms. The van der Waals surface area contributed by atoms with Gasteiger partial charge in [0.25, 0.3) is 5.91 Å². The van der Waals surface area contributed by atoms with Gasteiger partial charge in [0.15, 0.2) is 6.54 Å². The van der Waals surface area contributed by atoms with Crippen molar-refractivity contribution < 1.29 is 14.9 Å². The summed E-state index contributed by atoms with van der Waals surface area (Å²) >= 11 is 0. The quantitative estimate of drug-likeness (QED) is 0.736. The van der Waals surface area contributed by atoms with Crippen LogP contribution < -0.4 is 16.0 Å². The van der Waals surface area contributed by atoms with E-state index >= 15 is 0 Å². The van der Waals surface area contributed by atoms with E-state index in [9.17, 15) is 9.59 Å². The zero-order chi connectivity index (χ0) is 15.8. The van der Waals surface area contributed by atoms with Crippen LogP contribution >= 0.6 is 0 Å². The van der Waals surface area contributed by atoms with Crippen LogP contribution in [0.2, 0.25) is 0 Å². The van der Waals surface area contributed by atoms with Crippen LogP contribution in [-0.2, 0) is 4.79 Å². The maximum atomic E-state index is 11.8. The molecule has 5 heteroatoms. The summed E-state index contributed by atoms with van der Waals surface area (Å²) in [7, 11) is 0. The molecule has 1 aromatic carbocycles. The van der Waals surface area contributed by atoms with E-state index in [1.54, 1.807) is 0 Å². The number of quaternary nitrogens is 1. The molecular formula is C16H26N3O2+. The first-order chi connectivity index (χ1) is 9.90. The van der Waals surface area contributed by atoms with Crippen LogP contribution in [0.15, 0.2) is 30.3 Å². The van der Waals surface area contributed by atoms with Crippen molar-refractivity contribution in [1.29, 1.82) is 0 Å². The van der Waals surface area contributed by atoms with Crippen LogP contribution in [0.1, 0.15) is 39.3 Å². The Morgan fingerprint density at radius 1 is 1.10 bits per heavy atom. The van der Waals surface area contributed by atoms with E-state index in [-0.39, 0.29) is 24.5 Å².